The fraction of sp³-hybridized carbons (Fsp3) is 0.150. The average Bonchev–Trinajstić information content (AvgIpc) is 2.99. The number of imidazole rings is 1. The lowest BCUT2D eigenvalue weighted by Gasteiger charge is -2.13. The highest BCUT2D eigenvalue weighted by molar-refractivity contribution is 6.31. The summed E-state index contributed by atoms with van der Waals surface area (Å²) in [7, 11) is 0. The van der Waals surface area contributed by atoms with Crippen LogP contribution in [-0.4, -0.2) is 26.0 Å². The SMILES string of the molecule is CC(=O)OCc1ncc2n1-c1ccc(Cl)cc1C(c1ccccc1F)=[N+]([O-])C2. The molecule has 0 saturated heterocycles. The van der Waals surface area contributed by atoms with Gasteiger partial charge in [0.15, 0.2) is 12.4 Å². The van der Waals surface area contributed by atoms with Crippen LogP contribution in [0.4, 0.5) is 4.39 Å². The molecule has 0 spiro atoms. The number of rotatable bonds is 3. The molecule has 6 nitrogen and oxygen atoms in total. The van der Waals surface area contributed by atoms with E-state index in [1.54, 1.807) is 47.2 Å². The molecule has 1 aromatic heterocycles. The highest BCUT2D eigenvalue weighted by Gasteiger charge is 2.30. The van der Waals surface area contributed by atoms with Crippen molar-refractivity contribution in [1.29, 1.82) is 0 Å². The highest BCUT2D eigenvalue weighted by atomic mass is 35.5. The van der Waals surface area contributed by atoms with Crippen molar-refractivity contribution in [3.8, 4) is 5.69 Å². The minimum absolute atomic E-state index is 0.0503. The Hall–Kier alpha value is -3.19. The van der Waals surface area contributed by atoms with Crippen molar-refractivity contribution in [1.82, 2.24) is 9.55 Å². The predicted molar refractivity (Wildman–Crippen MR) is 101 cm³/mol. The Bertz CT molecular complexity index is 1120. The highest BCUT2D eigenvalue weighted by Crippen LogP contribution is 2.29. The van der Waals surface area contributed by atoms with Crippen LogP contribution in [0.25, 0.3) is 5.69 Å². The molecule has 2 aromatic carbocycles. The number of hydroxylamine groups is 1. The number of carbonyl (C=O) groups excluding carboxylic acids is 1. The van der Waals surface area contributed by atoms with E-state index in [-0.39, 0.29) is 24.4 Å². The maximum Gasteiger partial charge on any atom is 0.303 e. The lowest BCUT2D eigenvalue weighted by atomic mass is 10.00. The second-order valence-corrected chi connectivity index (χ2v) is 6.74. The van der Waals surface area contributed by atoms with Crippen molar-refractivity contribution in [3.63, 3.8) is 0 Å². The Morgan fingerprint density at radius 2 is 2.11 bits per heavy atom. The Morgan fingerprint density at radius 1 is 1.32 bits per heavy atom. The number of aromatic nitrogens is 2. The third kappa shape index (κ3) is 3.14. The molecule has 0 aliphatic carbocycles. The van der Waals surface area contributed by atoms with Crippen LogP contribution in [-0.2, 0) is 22.7 Å². The number of hydrogen-bond donors (Lipinski definition) is 0. The molecule has 0 amide bonds. The van der Waals surface area contributed by atoms with E-state index in [9.17, 15) is 14.4 Å². The maximum atomic E-state index is 14.5. The zero-order valence-corrected chi connectivity index (χ0v) is 15.6. The second kappa shape index (κ2) is 7.09. The molecule has 0 bridgehead atoms. The minimum atomic E-state index is -0.505. The fourth-order valence-corrected chi connectivity index (χ4v) is 3.46. The normalized spacial score (nSPS) is 13.0. The van der Waals surface area contributed by atoms with Crippen LogP contribution in [0.1, 0.15) is 29.6 Å². The number of fused-ring (bicyclic) bond motifs is 3. The quantitative estimate of drug-likeness (QED) is 0.383. The van der Waals surface area contributed by atoms with Crippen LogP contribution in [0.5, 0.6) is 0 Å². The first kappa shape index (κ1) is 18.2. The van der Waals surface area contributed by atoms with Gasteiger partial charge in [0.1, 0.15) is 18.1 Å². The molecule has 0 radical (unpaired) electrons. The number of benzene rings is 2. The zero-order chi connectivity index (χ0) is 19.8. The summed E-state index contributed by atoms with van der Waals surface area (Å²) in [6.07, 6.45) is 1.55. The Kier molecular flexibility index (Phi) is 4.60. The average molecular weight is 400 g/mol. The lowest BCUT2D eigenvalue weighted by Crippen LogP contribution is -2.18. The molecule has 2 heterocycles. The number of carbonyl (C=O) groups is 1. The van der Waals surface area contributed by atoms with Crippen molar-refractivity contribution in [2.45, 2.75) is 20.1 Å². The van der Waals surface area contributed by atoms with Crippen molar-refractivity contribution in [2.24, 2.45) is 0 Å². The molecule has 0 saturated carbocycles. The van der Waals surface area contributed by atoms with Crippen molar-refractivity contribution in [3.05, 3.63) is 87.4 Å². The van der Waals surface area contributed by atoms with E-state index in [0.717, 1.165) is 4.74 Å². The molecule has 1 aliphatic rings. The molecular weight excluding hydrogens is 385 g/mol. The van der Waals surface area contributed by atoms with E-state index in [1.807, 2.05) is 0 Å². The molecule has 0 N–H and O–H groups in total. The molecule has 1 aliphatic heterocycles. The van der Waals surface area contributed by atoms with E-state index in [2.05, 4.69) is 4.98 Å². The van der Waals surface area contributed by atoms with Gasteiger partial charge in [0.05, 0.1) is 23.0 Å². The lowest BCUT2D eigenvalue weighted by molar-refractivity contribution is -0.474. The van der Waals surface area contributed by atoms with Gasteiger partial charge in [-0.15, -0.1) is 0 Å². The van der Waals surface area contributed by atoms with Crippen LogP contribution in [0.15, 0.2) is 48.7 Å². The van der Waals surface area contributed by atoms with E-state index in [4.69, 9.17) is 16.3 Å². The summed E-state index contributed by atoms with van der Waals surface area (Å²) >= 11 is 6.19. The summed E-state index contributed by atoms with van der Waals surface area (Å²) in [6, 6.07) is 11.1. The van der Waals surface area contributed by atoms with Gasteiger partial charge < -0.3 is 9.94 Å². The summed E-state index contributed by atoms with van der Waals surface area (Å²) in [4.78, 5) is 15.5. The van der Waals surface area contributed by atoms with Crippen molar-refractivity contribution in [2.75, 3.05) is 0 Å². The number of nitrogens with zero attached hydrogens (tertiary/aromatic N) is 3. The van der Waals surface area contributed by atoms with Crippen LogP contribution in [0, 0.1) is 11.0 Å². The summed E-state index contributed by atoms with van der Waals surface area (Å²) in [5.41, 5.74) is 2.02. The maximum absolute atomic E-state index is 14.5. The summed E-state index contributed by atoms with van der Waals surface area (Å²) in [6.45, 7) is 1.21. The number of esters is 1. The zero-order valence-electron chi connectivity index (χ0n) is 14.9. The van der Waals surface area contributed by atoms with Gasteiger partial charge in [-0.2, -0.15) is 4.74 Å². The van der Waals surface area contributed by atoms with Crippen LogP contribution < -0.4 is 0 Å². The van der Waals surface area contributed by atoms with Crippen LogP contribution >= 0.6 is 11.6 Å². The van der Waals surface area contributed by atoms with Crippen LogP contribution in [0.2, 0.25) is 5.02 Å². The van der Waals surface area contributed by atoms with Gasteiger partial charge >= 0.3 is 5.97 Å². The van der Waals surface area contributed by atoms with E-state index < -0.39 is 11.8 Å². The molecule has 8 heteroatoms. The van der Waals surface area contributed by atoms with Gasteiger partial charge in [0.2, 0.25) is 5.71 Å². The van der Waals surface area contributed by atoms with Gasteiger partial charge in [-0.05, 0) is 30.3 Å². The van der Waals surface area contributed by atoms with Gasteiger partial charge in [-0.1, -0.05) is 23.7 Å². The molecule has 4 rings (SSSR count). The van der Waals surface area contributed by atoms with Crippen LogP contribution in [0.3, 0.4) is 0 Å². The number of hydrogen-bond acceptors (Lipinski definition) is 4. The first-order chi connectivity index (χ1) is 13.5. The monoisotopic (exact) mass is 399 g/mol. The molecule has 28 heavy (non-hydrogen) atoms. The predicted octanol–water partition coefficient (Wildman–Crippen LogP) is 3.59. The van der Waals surface area contributed by atoms with Gasteiger partial charge in [-0.25, -0.2) is 9.37 Å². The molecule has 3 aromatic rings. The Morgan fingerprint density at radius 3 is 2.86 bits per heavy atom. The van der Waals surface area contributed by atoms with Gasteiger partial charge in [0, 0.05) is 11.9 Å². The second-order valence-electron chi connectivity index (χ2n) is 6.31. The number of ether oxygens (including phenoxy) is 1. The summed E-state index contributed by atoms with van der Waals surface area (Å²) < 4.78 is 22.1. The first-order valence-corrected chi connectivity index (χ1v) is 8.89. The Labute approximate surface area is 165 Å². The van der Waals surface area contributed by atoms with Crippen molar-refractivity contribution >= 4 is 23.3 Å². The van der Waals surface area contributed by atoms with Gasteiger partial charge in [-0.3, -0.25) is 9.36 Å². The fourth-order valence-electron chi connectivity index (χ4n) is 3.29. The third-order valence-corrected chi connectivity index (χ3v) is 4.69. The Balaban J connectivity index is 1.96. The van der Waals surface area contributed by atoms with Gasteiger partial charge in [0.25, 0.3) is 0 Å². The largest absolute Gasteiger partial charge is 0.623 e. The molecular formula is C20H15ClFN3O3. The molecule has 0 atom stereocenters. The summed E-state index contributed by atoms with van der Waals surface area (Å²) in [5, 5.41) is 13.4. The molecule has 0 unspecified atom stereocenters. The minimum Gasteiger partial charge on any atom is -0.623 e. The van der Waals surface area contributed by atoms with E-state index >= 15 is 0 Å². The van der Waals surface area contributed by atoms with E-state index in [1.165, 1.54) is 13.0 Å². The number of halogens is 2. The standard InChI is InChI=1S/C20H15ClFN3O3/c1-12(26)28-11-19-23-9-14-10-24(27)20(15-4-2-3-5-17(15)22)16-8-13(21)6-7-18(16)25(14)19/h2-9H,10-11H2,1H3. The first-order valence-electron chi connectivity index (χ1n) is 8.51. The van der Waals surface area contributed by atoms with E-state index in [0.29, 0.717) is 27.8 Å². The summed E-state index contributed by atoms with van der Waals surface area (Å²) in [5.74, 6) is -0.488. The smallest absolute Gasteiger partial charge is 0.303 e. The van der Waals surface area contributed by atoms with Crippen molar-refractivity contribution < 1.29 is 18.7 Å². The topological polar surface area (TPSA) is 70.2 Å². The molecule has 0 fully saturated rings. The third-order valence-electron chi connectivity index (χ3n) is 4.45. The molecule has 142 valence electrons.